The molecule has 3 fully saturated rings. The van der Waals surface area contributed by atoms with Crippen molar-refractivity contribution in [1.82, 2.24) is 49.0 Å². The second-order valence-electron chi connectivity index (χ2n) is 15.8. The smallest absolute Gasteiger partial charge is 0.265 e. The van der Waals surface area contributed by atoms with E-state index in [1.807, 2.05) is 17.8 Å². The summed E-state index contributed by atoms with van der Waals surface area (Å²) in [5.41, 5.74) is 1.46. The molecule has 18 nitrogen and oxygen atoms in total. The number of nitrogens with one attached hydrogen (secondary N) is 2. The van der Waals surface area contributed by atoms with Gasteiger partial charge >= 0.3 is 0 Å². The van der Waals surface area contributed by atoms with Crippen LogP contribution in [-0.4, -0.2) is 113 Å². The van der Waals surface area contributed by atoms with Gasteiger partial charge in [0, 0.05) is 56.6 Å². The maximum absolute atomic E-state index is 15.4. The number of anilines is 3. The van der Waals surface area contributed by atoms with Crippen LogP contribution in [0.4, 0.5) is 21.8 Å². The molecule has 7 heterocycles. The summed E-state index contributed by atoms with van der Waals surface area (Å²) in [6, 6.07) is 5.44. The molecule has 3 aliphatic heterocycles. The minimum atomic E-state index is -3.52. The first-order valence-electron chi connectivity index (χ1n) is 19.5. The van der Waals surface area contributed by atoms with E-state index in [2.05, 4.69) is 49.3 Å². The fraction of sp³-hybridized carbons (Fsp3) is 0.410. The van der Waals surface area contributed by atoms with Crippen LogP contribution in [-0.2, 0) is 26.2 Å². The average molecular weight is 825 g/mol. The van der Waals surface area contributed by atoms with Crippen LogP contribution < -0.4 is 15.5 Å². The van der Waals surface area contributed by atoms with E-state index < -0.39 is 50.8 Å². The van der Waals surface area contributed by atoms with E-state index in [4.69, 9.17) is 10.1 Å². The number of fused-ring (bicyclic) bond motifs is 2. The number of benzene rings is 1. The molecule has 0 bridgehead atoms. The van der Waals surface area contributed by atoms with Gasteiger partial charge in [0.15, 0.2) is 11.6 Å². The van der Waals surface area contributed by atoms with Crippen molar-refractivity contribution in [3.05, 3.63) is 71.6 Å². The molecule has 1 unspecified atom stereocenters. The summed E-state index contributed by atoms with van der Waals surface area (Å²) in [4.78, 5) is 69.3. The summed E-state index contributed by atoms with van der Waals surface area (Å²) in [6.45, 7) is 5.85. The normalized spacial score (nSPS) is 19.1. The summed E-state index contributed by atoms with van der Waals surface area (Å²) in [5.74, 6) is -1.50. The van der Waals surface area contributed by atoms with Crippen LogP contribution in [0.25, 0.3) is 22.3 Å². The highest BCUT2D eigenvalue weighted by molar-refractivity contribution is 7.90. The molecule has 4 aromatic heterocycles. The first-order chi connectivity index (χ1) is 28.3. The van der Waals surface area contributed by atoms with Crippen LogP contribution in [0.3, 0.4) is 0 Å². The molecule has 2 N–H and O–H groups in total. The van der Waals surface area contributed by atoms with Gasteiger partial charge in [0.25, 0.3) is 21.8 Å². The SMILES string of the molecule is CC(C)n1nc(N2CCC(N(C)Cc3cc(F)c4c(c3)C(=O)N(C3CCC(=O)NC3=O)C4=O)CC2)c2cnc(Nc3ccnc(-c4cnn(S(=O)(=O)C5CC5)c4)n3)cc21. The zero-order valence-electron chi connectivity index (χ0n) is 32.5. The van der Waals surface area contributed by atoms with Crippen molar-refractivity contribution in [2.24, 2.45) is 0 Å². The number of amides is 4. The van der Waals surface area contributed by atoms with Crippen LogP contribution in [0.1, 0.15) is 84.7 Å². The molecule has 20 heteroatoms. The van der Waals surface area contributed by atoms with Crippen LogP contribution in [0.15, 0.2) is 49.1 Å². The number of carbonyl (C=O) groups excluding carboxylic acids is 4. The lowest BCUT2D eigenvalue weighted by molar-refractivity contribution is -0.136. The van der Waals surface area contributed by atoms with Crippen molar-refractivity contribution in [1.29, 1.82) is 0 Å². The molecule has 1 atom stereocenters. The van der Waals surface area contributed by atoms with Gasteiger partial charge < -0.3 is 10.2 Å². The van der Waals surface area contributed by atoms with E-state index >= 15 is 4.39 Å². The molecule has 1 aromatic carbocycles. The number of carbonyl (C=O) groups is 4. The van der Waals surface area contributed by atoms with Gasteiger partial charge in [0.05, 0.1) is 45.2 Å². The van der Waals surface area contributed by atoms with Crippen LogP contribution in [0.5, 0.6) is 0 Å². The third-order valence-corrected chi connectivity index (χ3v) is 13.4. The third-order valence-electron chi connectivity index (χ3n) is 11.4. The molecule has 306 valence electrons. The molecular weight excluding hydrogens is 784 g/mol. The van der Waals surface area contributed by atoms with Crippen molar-refractivity contribution < 1.29 is 32.0 Å². The molecular formula is C39H41FN12O6S. The molecule has 0 radical (unpaired) electrons. The van der Waals surface area contributed by atoms with Gasteiger partial charge in [0.1, 0.15) is 23.5 Å². The van der Waals surface area contributed by atoms with Crippen molar-refractivity contribution in [2.45, 2.75) is 82.3 Å². The third kappa shape index (κ3) is 6.98. The topological polar surface area (TPSA) is 211 Å². The first kappa shape index (κ1) is 38.4. The van der Waals surface area contributed by atoms with Gasteiger partial charge in [-0.05, 0) is 76.8 Å². The molecule has 5 aromatic rings. The molecule has 4 aliphatic rings. The summed E-state index contributed by atoms with van der Waals surface area (Å²) in [5, 5.41) is 15.0. The minimum absolute atomic E-state index is 0.00628. The Kier molecular flexibility index (Phi) is 9.49. The van der Waals surface area contributed by atoms with E-state index in [0.29, 0.717) is 61.1 Å². The number of imide groups is 2. The predicted octanol–water partition coefficient (Wildman–Crippen LogP) is 3.39. The Balaban J connectivity index is 0.866. The molecule has 2 saturated heterocycles. The maximum Gasteiger partial charge on any atom is 0.265 e. The Morgan fingerprint density at radius 3 is 2.49 bits per heavy atom. The van der Waals surface area contributed by atoms with Crippen molar-refractivity contribution in [2.75, 3.05) is 30.4 Å². The summed E-state index contributed by atoms with van der Waals surface area (Å²) in [7, 11) is -1.57. The molecule has 0 spiro atoms. The van der Waals surface area contributed by atoms with Gasteiger partial charge in [-0.1, -0.05) is 0 Å². The number of rotatable bonds is 11. The van der Waals surface area contributed by atoms with E-state index in [9.17, 15) is 27.6 Å². The highest BCUT2D eigenvalue weighted by atomic mass is 32.2. The highest BCUT2D eigenvalue weighted by Crippen LogP contribution is 2.35. The van der Waals surface area contributed by atoms with Gasteiger partial charge in [0.2, 0.25) is 11.8 Å². The first-order valence-corrected chi connectivity index (χ1v) is 21.0. The number of pyridine rings is 1. The Bertz CT molecular complexity index is 2670. The Hall–Kier alpha value is -6.15. The standard InChI is InChI=1S/C39H41FN12O6S/c1-21(2)52-30-16-32(44-31-8-11-41-35(45-31)23-17-43-50(20-23)59(57,58)25-4-5-25)42-18-27(30)36(47-52)49-12-9-24(10-13-49)48(3)19-22-14-26-34(28(40)15-22)39(56)51(38(26)55)29-6-7-33(53)46-37(29)54/h8,11,14-18,20-21,24-25,29H,4-7,9-10,12-13,19H2,1-3H3,(H,46,53,54)(H,41,42,44,45). The number of nitrogens with zero attached hydrogens (tertiary/aromatic N) is 10. The van der Waals surface area contributed by atoms with Crippen molar-refractivity contribution in [3.8, 4) is 11.4 Å². The quantitative estimate of drug-likeness (QED) is 0.183. The molecule has 1 aliphatic carbocycles. The van der Waals surface area contributed by atoms with Crippen LogP contribution in [0, 0.1) is 5.82 Å². The average Bonchev–Trinajstić information content (AvgIpc) is 3.75. The zero-order valence-corrected chi connectivity index (χ0v) is 33.3. The summed E-state index contributed by atoms with van der Waals surface area (Å²) in [6.07, 6.45) is 9.07. The monoisotopic (exact) mass is 824 g/mol. The zero-order chi connectivity index (χ0) is 41.3. The Morgan fingerprint density at radius 1 is 0.983 bits per heavy atom. The van der Waals surface area contributed by atoms with Crippen molar-refractivity contribution in [3.63, 3.8) is 0 Å². The summed E-state index contributed by atoms with van der Waals surface area (Å²) < 4.78 is 43.7. The van der Waals surface area contributed by atoms with Crippen molar-refractivity contribution >= 4 is 62.0 Å². The van der Waals surface area contributed by atoms with E-state index in [1.165, 1.54) is 24.5 Å². The Morgan fingerprint density at radius 2 is 1.76 bits per heavy atom. The fourth-order valence-corrected chi connectivity index (χ4v) is 9.59. The largest absolute Gasteiger partial charge is 0.354 e. The lowest BCUT2D eigenvalue weighted by Gasteiger charge is -2.37. The van der Waals surface area contributed by atoms with E-state index in [-0.39, 0.29) is 36.1 Å². The molecule has 1 saturated carbocycles. The second-order valence-corrected chi connectivity index (χ2v) is 17.8. The highest BCUT2D eigenvalue weighted by Gasteiger charge is 2.46. The van der Waals surface area contributed by atoms with E-state index in [0.717, 1.165) is 38.5 Å². The van der Waals surface area contributed by atoms with E-state index in [1.54, 1.807) is 18.5 Å². The molecule has 9 rings (SSSR count). The van der Waals surface area contributed by atoms with Gasteiger partial charge in [-0.25, -0.2) is 27.8 Å². The van der Waals surface area contributed by atoms with Gasteiger partial charge in [-0.3, -0.25) is 39.0 Å². The number of piperidine rings is 2. The van der Waals surface area contributed by atoms with Gasteiger partial charge in [-0.2, -0.15) is 14.3 Å². The summed E-state index contributed by atoms with van der Waals surface area (Å²) >= 11 is 0. The Labute approximate surface area is 337 Å². The van der Waals surface area contributed by atoms with Crippen LogP contribution in [0.2, 0.25) is 0 Å². The maximum atomic E-state index is 15.4. The fourth-order valence-electron chi connectivity index (χ4n) is 8.12. The minimum Gasteiger partial charge on any atom is -0.354 e. The lowest BCUT2D eigenvalue weighted by Crippen LogP contribution is -2.54. The molecule has 4 amide bonds. The van der Waals surface area contributed by atoms with Gasteiger partial charge in [-0.15, -0.1) is 0 Å². The number of aromatic nitrogens is 7. The van der Waals surface area contributed by atoms with Crippen LogP contribution >= 0.6 is 0 Å². The number of halogens is 1. The lowest BCUT2D eigenvalue weighted by atomic mass is 10.0. The second kappa shape index (κ2) is 14.6. The number of hydrogen-bond donors (Lipinski definition) is 2. The predicted molar refractivity (Wildman–Crippen MR) is 212 cm³/mol. The number of hydrogen-bond acceptors (Lipinski definition) is 14. The molecule has 59 heavy (non-hydrogen) atoms.